The van der Waals surface area contributed by atoms with Crippen LogP contribution in [0.1, 0.15) is 6.42 Å². The zero-order valence-electron chi connectivity index (χ0n) is 8.94. The van der Waals surface area contributed by atoms with Gasteiger partial charge in [-0.1, -0.05) is 23.2 Å². The minimum Gasteiger partial charge on any atom is -0.310 e. The maximum atomic E-state index is 11.8. The van der Waals surface area contributed by atoms with Gasteiger partial charge in [0.25, 0.3) is 0 Å². The quantitative estimate of drug-likeness (QED) is 0.784. The highest BCUT2D eigenvalue weighted by Crippen LogP contribution is 2.33. The highest BCUT2D eigenvalue weighted by Gasteiger charge is 2.38. The van der Waals surface area contributed by atoms with Gasteiger partial charge < -0.3 is 4.90 Å². The number of benzene rings is 1. The summed E-state index contributed by atoms with van der Waals surface area (Å²) in [6, 6.07) is 4.65. The third-order valence-electron chi connectivity index (χ3n) is 2.69. The predicted octanol–water partition coefficient (Wildman–Crippen LogP) is 2.67. The van der Waals surface area contributed by atoms with Crippen LogP contribution in [0.2, 0.25) is 10.0 Å². The molecule has 18 heavy (non-hydrogen) atoms. The molecule has 0 saturated carbocycles. The van der Waals surface area contributed by atoms with Gasteiger partial charge in [0.15, 0.2) is 0 Å². The lowest BCUT2D eigenvalue weighted by Crippen LogP contribution is -2.26. The Morgan fingerprint density at radius 1 is 1.28 bits per heavy atom. The Morgan fingerprint density at radius 3 is 2.44 bits per heavy atom. The minimum absolute atomic E-state index is 0.00597. The van der Waals surface area contributed by atoms with Crippen LogP contribution in [0.5, 0.6) is 0 Å². The summed E-state index contributed by atoms with van der Waals surface area (Å²) < 4.78 is 22.5. The van der Waals surface area contributed by atoms with E-state index < -0.39 is 14.3 Å². The molecule has 1 unspecified atom stereocenters. The van der Waals surface area contributed by atoms with E-state index in [1.807, 2.05) is 0 Å². The molecule has 0 bridgehead atoms. The van der Waals surface area contributed by atoms with E-state index in [0.29, 0.717) is 15.7 Å². The zero-order chi connectivity index (χ0) is 13.5. The molecule has 1 saturated heterocycles. The average Bonchev–Trinajstić information content (AvgIpc) is 2.60. The third-order valence-corrected chi connectivity index (χ3v) is 5.09. The monoisotopic (exact) mass is 327 g/mol. The molecule has 0 aromatic heterocycles. The van der Waals surface area contributed by atoms with Crippen LogP contribution in [0, 0.1) is 0 Å². The Balaban J connectivity index is 2.33. The van der Waals surface area contributed by atoms with E-state index >= 15 is 0 Å². The second-order valence-electron chi connectivity index (χ2n) is 3.90. The van der Waals surface area contributed by atoms with Gasteiger partial charge >= 0.3 is 0 Å². The number of rotatable bonds is 2. The van der Waals surface area contributed by atoms with Gasteiger partial charge in [-0.3, -0.25) is 4.79 Å². The van der Waals surface area contributed by atoms with Crippen molar-refractivity contribution >= 4 is 54.5 Å². The molecule has 4 nitrogen and oxygen atoms in total. The molecule has 1 aromatic rings. The smallest absolute Gasteiger partial charge is 0.237 e. The molecule has 1 atom stereocenters. The van der Waals surface area contributed by atoms with Gasteiger partial charge in [0.1, 0.15) is 5.25 Å². The molecule has 1 aliphatic rings. The lowest BCUT2D eigenvalue weighted by atomic mass is 10.3. The van der Waals surface area contributed by atoms with Crippen LogP contribution in [-0.4, -0.2) is 26.1 Å². The summed E-state index contributed by atoms with van der Waals surface area (Å²) in [6.45, 7) is 0.00597. The number of anilines is 1. The van der Waals surface area contributed by atoms with Crippen molar-refractivity contribution in [2.75, 3.05) is 11.4 Å². The van der Waals surface area contributed by atoms with Crippen molar-refractivity contribution in [2.24, 2.45) is 0 Å². The summed E-state index contributed by atoms with van der Waals surface area (Å²) in [6.07, 6.45) is -0.134. The molecule has 1 fully saturated rings. The highest BCUT2D eigenvalue weighted by atomic mass is 35.7. The fourth-order valence-corrected chi connectivity index (χ4v) is 3.33. The van der Waals surface area contributed by atoms with Crippen LogP contribution in [0.15, 0.2) is 18.2 Å². The first-order chi connectivity index (χ1) is 8.29. The molecule has 1 aromatic carbocycles. The fraction of sp³-hybridized carbons (Fsp3) is 0.300. The van der Waals surface area contributed by atoms with Gasteiger partial charge in [0, 0.05) is 28.7 Å². The zero-order valence-corrected chi connectivity index (χ0v) is 12.0. The van der Waals surface area contributed by atoms with Crippen LogP contribution in [0.25, 0.3) is 0 Å². The van der Waals surface area contributed by atoms with E-state index in [2.05, 4.69) is 0 Å². The summed E-state index contributed by atoms with van der Waals surface area (Å²) in [7, 11) is 1.50. The maximum absolute atomic E-state index is 11.8. The van der Waals surface area contributed by atoms with Crippen LogP contribution in [0.3, 0.4) is 0 Å². The van der Waals surface area contributed by atoms with Crippen molar-refractivity contribution in [1.29, 1.82) is 0 Å². The summed E-state index contributed by atoms with van der Waals surface area (Å²) in [4.78, 5) is 13.1. The van der Waals surface area contributed by atoms with Gasteiger partial charge in [0.05, 0.1) is 10.7 Å². The highest BCUT2D eigenvalue weighted by molar-refractivity contribution is 8.14. The number of hydrogen-bond donors (Lipinski definition) is 0. The van der Waals surface area contributed by atoms with Crippen molar-refractivity contribution in [3.8, 4) is 0 Å². The van der Waals surface area contributed by atoms with Crippen LogP contribution < -0.4 is 4.90 Å². The Kier molecular flexibility index (Phi) is 3.78. The first-order valence-electron chi connectivity index (χ1n) is 4.98. The van der Waals surface area contributed by atoms with Crippen molar-refractivity contribution in [2.45, 2.75) is 11.7 Å². The van der Waals surface area contributed by atoms with Gasteiger partial charge in [-0.15, -0.1) is 0 Å². The second-order valence-corrected chi connectivity index (χ2v) is 7.65. The summed E-state index contributed by atoms with van der Waals surface area (Å²) >= 11 is 11.7. The second kappa shape index (κ2) is 4.89. The van der Waals surface area contributed by atoms with Crippen molar-refractivity contribution < 1.29 is 13.2 Å². The van der Waals surface area contributed by atoms with E-state index in [0.717, 1.165) is 0 Å². The molecule has 98 valence electrons. The standard InChI is InChI=1S/C10H8Cl3NO3S/c11-6-1-2-9(8(12)3-6)14-5-7(4-10(14)15)18(13,16)17/h1-3,7H,4-5H2. The predicted molar refractivity (Wildman–Crippen MR) is 72.0 cm³/mol. The lowest BCUT2D eigenvalue weighted by Gasteiger charge is -2.17. The summed E-state index contributed by atoms with van der Waals surface area (Å²) in [5.74, 6) is -0.326. The molecular weight excluding hydrogens is 321 g/mol. The molecule has 1 aliphatic heterocycles. The van der Waals surface area contributed by atoms with E-state index in [1.165, 1.54) is 11.0 Å². The molecule has 0 radical (unpaired) electrons. The summed E-state index contributed by atoms with van der Waals surface area (Å²) in [5, 5.41) is -0.168. The van der Waals surface area contributed by atoms with Crippen LogP contribution in [-0.2, 0) is 13.8 Å². The number of carbonyl (C=O) groups excluding carboxylic acids is 1. The van der Waals surface area contributed by atoms with Crippen LogP contribution >= 0.6 is 33.9 Å². The molecule has 0 spiro atoms. The first-order valence-corrected chi connectivity index (χ1v) is 8.11. The van der Waals surface area contributed by atoms with Crippen LogP contribution in [0.4, 0.5) is 5.69 Å². The number of carbonyl (C=O) groups is 1. The number of halogens is 3. The van der Waals surface area contributed by atoms with Gasteiger partial charge in [-0.25, -0.2) is 8.42 Å². The SMILES string of the molecule is O=C1CC(S(=O)(=O)Cl)CN1c1ccc(Cl)cc1Cl. The van der Waals surface area contributed by atoms with E-state index in [1.54, 1.807) is 12.1 Å². The Labute approximate surface area is 119 Å². The Morgan fingerprint density at radius 2 is 1.94 bits per heavy atom. The van der Waals surface area contributed by atoms with Crippen molar-refractivity contribution in [1.82, 2.24) is 0 Å². The van der Waals surface area contributed by atoms with Gasteiger partial charge in [-0.2, -0.15) is 0 Å². The minimum atomic E-state index is -3.76. The molecule has 1 amide bonds. The van der Waals surface area contributed by atoms with Gasteiger partial charge in [-0.05, 0) is 18.2 Å². The van der Waals surface area contributed by atoms with Crippen molar-refractivity contribution in [3.63, 3.8) is 0 Å². The molecule has 1 heterocycles. The number of amides is 1. The van der Waals surface area contributed by atoms with Crippen molar-refractivity contribution in [3.05, 3.63) is 28.2 Å². The first kappa shape index (κ1) is 13.9. The molecule has 2 rings (SSSR count). The topological polar surface area (TPSA) is 54.5 Å². The molecule has 0 aliphatic carbocycles. The Hall–Kier alpha value is -0.490. The molecule has 8 heteroatoms. The average molecular weight is 329 g/mol. The third kappa shape index (κ3) is 2.74. The van der Waals surface area contributed by atoms with Gasteiger partial charge in [0.2, 0.25) is 15.0 Å². The Bertz CT molecular complexity index is 602. The maximum Gasteiger partial charge on any atom is 0.237 e. The molecule has 0 N–H and O–H groups in total. The largest absolute Gasteiger partial charge is 0.310 e. The lowest BCUT2D eigenvalue weighted by molar-refractivity contribution is -0.117. The van der Waals surface area contributed by atoms with E-state index in [4.69, 9.17) is 33.9 Å². The fourth-order valence-electron chi connectivity index (χ4n) is 1.80. The number of hydrogen-bond acceptors (Lipinski definition) is 3. The normalized spacial score (nSPS) is 20.5. The molecular formula is C10H8Cl3NO3S. The summed E-state index contributed by atoms with van der Waals surface area (Å²) in [5.41, 5.74) is 0.439. The van der Waals surface area contributed by atoms with E-state index in [-0.39, 0.29) is 18.9 Å². The van der Waals surface area contributed by atoms with E-state index in [9.17, 15) is 13.2 Å². The number of nitrogens with zero attached hydrogens (tertiary/aromatic N) is 1.